The monoisotopic (exact) mass is 574 g/mol. The first kappa shape index (κ1) is 31.3. The van der Waals surface area contributed by atoms with Gasteiger partial charge in [-0.1, -0.05) is 39.0 Å². The van der Waals surface area contributed by atoms with Crippen molar-refractivity contribution in [1.29, 1.82) is 5.26 Å². The fourth-order valence-corrected chi connectivity index (χ4v) is 7.82. The molecular weight excluding hydrogens is 524 g/mol. The summed E-state index contributed by atoms with van der Waals surface area (Å²) in [6.45, 7) is 14.3. The van der Waals surface area contributed by atoms with Crippen molar-refractivity contribution < 1.29 is 14.0 Å². The molecule has 2 aromatic carbocycles. The summed E-state index contributed by atoms with van der Waals surface area (Å²) in [6, 6.07) is 16.4. The molecule has 0 radical (unpaired) electrons. The van der Waals surface area contributed by atoms with Crippen molar-refractivity contribution >= 4 is 19.9 Å². The quantitative estimate of drug-likeness (QED) is 0.296. The van der Waals surface area contributed by atoms with E-state index >= 15 is 0 Å². The van der Waals surface area contributed by atoms with E-state index < -0.39 is 8.32 Å². The lowest BCUT2D eigenvalue weighted by Crippen LogP contribution is -2.46. The Labute approximate surface area is 249 Å². The Morgan fingerprint density at radius 2 is 1.68 bits per heavy atom. The zero-order valence-electron chi connectivity index (χ0n) is 26.3. The van der Waals surface area contributed by atoms with Gasteiger partial charge < -0.3 is 14.1 Å². The van der Waals surface area contributed by atoms with E-state index in [4.69, 9.17) is 9.16 Å². The lowest BCUT2D eigenvalue weighted by Gasteiger charge is -2.41. The van der Waals surface area contributed by atoms with Crippen molar-refractivity contribution in [2.24, 2.45) is 11.8 Å². The van der Waals surface area contributed by atoms with Crippen LogP contribution < -0.4 is 9.64 Å². The normalized spacial score (nSPS) is 23.5. The first-order valence-electron chi connectivity index (χ1n) is 15.6. The van der Waals surface area contributed by atoms with Gasteiger partial charge in [-0.15, -0.1) is 0 Å². The summed E-state index contributed by atoms with van der Waals surface area (Å²) >= 11 is 0. The summed E-state index contributed by atoms with van der Waals surface area (Å²) in [4.78, 5) is 16.1. The Balaban J connectivity index is 1.42. The SMILES string of the molecule is COc1ccc([C@H]2CC[C@H](CN(c3cccc(C#N)c3)C(=O)[C@H]3CC[C@H](O[Si](C)(C)C(C)(C)C)CC3)CC2)cc1C. The van der Waals surface area contributed by atoms with Crippen LogP contribution in [0.3, 0.4) is 0 Å². The molecule has 41 heavy (non-hydrogen) atoms. The van der Waals surface area contributed by atoms with Crippen LogP contribution in [0, 0.1) is 30.1 Å². The van der Waals surface area contributed by atoms with Gasteiger partial charge in [0.15, 0.2) is 8.32 Å². The van der Waals surface area contributed by atoms with Crippen LogP contribution >= 0.6 is 0 Å². The van der Waals surface area contributed by atoms with Crippen molar-refractivity contribution in [1.82, 2.24) is 0 Å². The average molecular weight is 575 g/mol. The topological polar surface area (TPSA) is 62.6 Å². The van der Waals surface area contributed by atoms with Gasteiger partial charge in [0.25, 0.3) is 0 Å². The van der Waals surface area contributed by atoms with Crippen LogP contribution in [0.2, 0.25) is 18.1 Å². The first-order valence-corrected chi connectivity index (χ1v) is 18.5. The Kier molecular flexibility index (Phi) is 10.0. The van der Waals surface area contributed by atoms with Crippen LogP contribution in [0.1, 0.15) is 94.7 Å². The molecule has 1 amide bonds. The maximum Gasteiger partial charge on any atom is 0.230 e. The molecule has 0 heterocycles. The number of carbonyl (C=O) groups excluding carboxylic acids is 1. The first-order chi connectivity index (χ1) is 19.4. The van der Waals surface area contributed by atoms with E-state index in [0.29, 0.717) is 17.4 Å². The highest BCUT2D eigenvalue weighted by Crippen LogP contribution is 2.41. The van der Waals surface area contributed by atoms with Gasteiger partial charge in [-0.2, -0.15) is 5.26 Å². The minimum absolute atomic E-state index is 0.0126. The largest absolute Gasteiger partial charge is 0.496 e. The second kappa shape index (κ2) is 13.1. The van der Waals surface area contributed by atoms with Crippen LogP contribution in [0.5, 0.6) is 5.75 Å². The molecule has 2 fully saturated rings. The number of rotatable bonds is 8. The molecule has 5 nitrogen and oxygen atoms in total. The summed E-state index contributed by atoms with van der Waals surface area (Å²) < 4.78 is 12.2. The molecule has 0 spiro atoms. The van der Waals surface area contributed by atoms with Crippen LogP contribution in [0.25, 0.3) is 0 Å². The standard InChI is InChI=1S/C35H50N2O3Si/c1-25-21-30(17-20-33(25)39-5)28-13-11-26(12-14-28)24-37(31-10-8-9-27(22-31)23-36)34(38)29-15-18-32(19-16-29)40-41(6,7)35(2,3)4/h8-10,17,20-22,26,28-29,32H,11-16,18-19,24H2,1-7H3/t26-,28-,29-,32-. The molecule has 0 saturated heterocycles. The molecule has 0 aromatic heterocycles. The van der Waals surface area contributed by atoms with Gasteiger partial charge in [0.05, 0.1) is 18.7 Å². The van der Waals surface area contributed by atoms with Gasteiger partial charge >= 0.3 is 0 Å². The Morgan fingerprint density at radius 3 is 2.27 bits per heavy atom. The minimum atomic E-state index is -1.83. The Bertz CT molecular complexity index is 1230. The van der Waals surface area contributed by atoms with Gasteiger partial charge in [0, 0.05) is 24.3 Å². The van der Waals surface area contributed by atoms with Crippen molar-refractivity contribution in [3.8, 4) is 11.8 Å². The van der Waals surface area contributed by atoms with Crippen LogP contribution in [0.4, 0.5) is 5.69 Å². The third kappa shape index (κ3) is 7.61. The number of nitriles is 1. The summed E-state index contributed by atoms with van der Waals surface area (Å²) in [5.74, 6) is 2.19. The van der Waals surface area contributed by atoms with E-state index in [2.05, 4.69) is 65.1 Å². The summed E-state index contributed by atoms with van der Waals surface area (Å²) in [5, 5.41) is 9.74. The maximum absolute atomic E-state index is 14.1. The zero-order chi connectivity index (χ0) is 29.8. The van der Waals surface area contributed by atoms with E-state index in [1.807, 2.05) is 29.2 Å². The molecular formula is C35H50N2O3Si. The molecule has 0 unspecified atom stereocenters. The number of carbonyl (C=O) groups is 1. The lowest BCUT2D eigenvalue weighted by atomic mass is 9.78. The number of hydrogen-bond donors (Lipinski definition) is 0. The van der Waals surface area contributed by atoms with Crippen molar-refractivity contribution in [2.45, 2.75) is 109 Å². The zero-order valence-corrected chi connectivity index (χ0v) is 27.3. The third-order valence-electron chi connectivity index (χ3n) is 10.0. The molecule has 0 atom stereocenters. The van der Waals surface area contributed by atoms with Crippen LogP contribution in [-0.2, 0) is 9.22 Å². The number of amides is 1. The molecule has 0 N–H and O–H groups in total. The van der Waals surface area contributed by atoms with Gasteiger partial charge in [0.1, 0.15) is 5.75 Å². The van der Waals surface area contributed by atoms with E-state index in [1.165, 1.54) is 11.1 Å². The number of anilines is 1. The predicted octanol–water partition coefficient (Wildman–Crippen LogP) is 8.76. The Morgan fingerprint density at radius 1 is 1.00 bits per heavy atom. The number of nitrogens with zero attached hydrogens (tertiary/aromatic N) is 2. The van der Waals surface area contributed by atoms with Crippen LogP contribution in [0.15, 0.2) is 42.5 Å². The number of methoxy groups -OCH3 is 1. The van der Waals surface area contributed by atoms with Gasteiger partial charge in [-0.05, 0) is 124 Å². The molecule has 4 rings (SSSR count). The highest BCUT2D eigenvalue weighted by Gasteiger charge is 2.41. The lowest BCUT2D eigenvalue weighted by molar-refractivity contribution is -0.124. The molecule has 2 saturated carbocycles. The molecule has 2 aliphatic carbocycles. The predicted molar refractivity (Wildman–Crippen MR) is 170 cm³/mol. The highest BCUT2D eigenvalue weighted by atomic mass is 28.4. The third-order valence-corrected chi connectivity index (χ3v) is 14.6. The second-order valence-electron chi connectivity index (χ2n) is 13.9. The number of aryl methyl sites for hydroxylation is 1. The van der Waals surface area contributed by atoms with Gasteiger partial charge in [-0.25, -0.2) is 0 Å². The smallest absolute Gasteiger partial charge is 0.230 e. The van der Waals surface area contributed by atoms with E-state index in [0.717, 1.165) is 69.3 Å². The van der Waals surface area contributed by atoms with Crippen LogP contribution in [-0.4, -0.2) is 34.0 Å². The molecule has 2 aromatic rings. The Hall–Kier alpha value is -2.62. The molecule has 2 aliphatic rings. The fraction of sp³-hybridized carbons (Fsp3) is 0.600. The van der Waals surface area contributed by atoms with Crippen molar-refractivity contribution in [2.75, 3.05) is 18.6 Å². The fourth-order valence-electron chi connectivity index (χ4n) is 6.40. The highest BCUT2D eigenvalue weighted by molar-refractivity contribution is 6.74. The molecule has 0 aliphatic heterocycles. The summed E-state index contributed by atoms with van der Waals surface area (Å²) in [5.41, 5.74) is 4.05. The van der Waals surface area contributed by atoms with E-state index in [1.54, 1.807) is 7.11 Å². The number of benzene rings is 2. The van der Waals surface area contributed by atoms with Gasteiger partial charge in [0.2, 0.25) is 5.91 Å². The van der Waals surface area contributed by atoms with E-state index in [-0.39, 0.29) is 23.0 Å². The summed E-state index contributed by atoms with van der Waals surface area (Å²) in [6.07, 6.45) is 8.36. The molecule has 6 heteroatoms. The van der Waals surface area contributed by atoms with Crippen molar-refractivity contribution in [3.05, 3.63) is 59.2 Å². The van der Waals surface area contributed by atoms with E-state index in [9.17, 15) is 10.1 Å². The summed E-state index contributed by atoms with van der Waals surface area (Å²) in [7, 11) is -0.103. The average Bonchev–Trinajstić information content (AvgIpc) is 2.95. The minimum Gasteiger partial charge on any atom is -0.496 e. The number of hydrogen-bond acceptors (Lipinski definition) is 4. The number of ether oxygens (including phenoxy) is 1. The van der Waals surface area contributed by atoms with Gasteiger partial charge in [-0.3, -0.25) is 4.79 Å². The molecule has 0 bridgehead atoms. The molecule has 222 valence electrons. The van der Waals surface area contributed by atoms with Crippen molar-refractivity contribution in [3.63, 3.8) is 0 Å². The second-order valence-corrected chi connectivity index (χ2v) is 18.7. The maximum atomic E-state index is 14.1.